The molecule has 3 aromatic rings. The van der Waals surface area contributed by atoms with E-state index in [0.717, 1.165) is 36.2 Å². The van der Waals surface area contributed by atoms with Crippen LogP contribution >= 0.6 is 12.4 Å². The minimum Gasteiger partial charge on any atom is -0.338 e. The van der Waals surface area contributed by atoms with E-state index in [-0.39, 0.29) is 36.6 Å². The Morgan fingerprint density at radius 3 is 2.55 bits per heavy atom. The first-order valence-corrected chi connectivity index (χ1v) is 9.55. The predicted octanol–water partition coefficient (Wildman–Crippen LogP) is 3.59. The van der Waals surface area contributed by atoms with Gasteiger partial charge in [-0.15, -0.1) is 12.4 Å². The van der Waals surface area contributed by atoms with Crippen molar-refractivity contribution in [3.05, 3.63) is 72.2 Å². The van der Waals surface area contributed by atoms with Gasteiger partial charge < -0.3 is 10.6 Å². The van der Waals surface area contributed by atoms with Gasteiger partial charge in [-0.25, -0.2) is 9.07 Å². The van der Waals surface area contributed by atoms with Crippen LogP contribution in [0.2, 0.25) is 0 Å². The second-order valence-electron chi connectivity index (χ2n) is 7.09. The summed E-state index contributed by atoms with van der Waals surface area (Å²) in [6.45, 7) is 1.24. The summed E-state index contributed by atoms with van der Waals surface area (Å²) < 4.78 is 15.1. The van der Waals surface area contributed by atoms with E-state index in [9.17, 15) is 9.18 Å². The van der Waals surface area contributed by atoms with Gasteiger partial charge in [0.15, 0.2) is 0 Å². The molecule has 1 fully saturated rings. The van der Waals surface area contributed by atoms with Gasteiger partial charge >= 0.3 is 0 Å². The van der Waals surface area contributed by atoms with Crippen molar-refractivity contribution in [3.63, 3.8) is 0 Å². The number of amides is 1. The highest BCUT2D eigenvalue weighted by Gasteiger charge is 2.28. The first-order chi connectivity index (χ1) is 13.7. The number of aromatic nitrogens is 2. The first-order valence-electron chi connectivity index (χ1n) is 9.55. The highest BCUT2D eigenvalue weighted by molar-refractivity contribution is 5.85. The quantitative estimate of drug-likeness (QED) is 0.693. The SMILES string of the molecule is Cl.NCC1CCCN1C(=O)Cc1cn(-c2ccccc2)nc1-c1ccc(F)cc1. The second-order valence-corrected chi connectivity index (χ2v) is 7.09. The molecule has 0 bridgehead atoms. The van der Waals surface area contributed by atoms with Crippen molar-refractivity contribution < 1.29 is 9.18 Å². The Hall–Kier alpha value is -2.70. The van der Waals surface area contributed by atoms with Gasteiger partial charge in [0.1, 0.15) is 5.82 Å². The van der Waals surface area contributed by atoms with Gasteiger partial charge in [0.25, 0.3) is 0 Å². The van der Waals surface area contributed by atoms with Crippen LogP contribution in [0.15, 0.2) is 60.8 Å². The normalized spacial score (nSPS) is 15.9. The minimum absolute atomic E-state index is 0. The first kappa shape index (κ1) is 21.0. The molecule has 0 saturated carbocycles. The van der Waals surface area contributed by atoms with Gasteiger partial charge in [-0.3, -0.25) is 4.79 Å². The zero-order valence-electron chi connectivity index (χ0n) is 16.0. The van der Waals surface area contributed by atoms with E-state index in [1.165, 1.54) is 12.1 Å². The van der Waals surface area contributed by atoms with E-state index in [2.05, 4.69) is 0 Å². The molecule has 0 spiro atoms. The molecule has 29 heavy (non-hydrogen) atoms. The summed E-state index contributed by atoms with van der Waals surface area (Å²) in [6.07, 6.45) is 4.08. The van der Waals surface area contributed by atoms with E-state index >= 15 is 0 Å². The number of halogens is 2. The van der Waals surface area contributed by atoms with Crippen LogP contribution in [0.1, 0.15) is 18.4 Å². The number of carbonyl (C=O) groups excluding carboxylic acids is 1. The maximum absolute atomic E-state index is 13.4. The van der Waals surface area contributed by atoms with E-state index in [0.29, 0.717) is 12.2 Å². The summed E-state index contributed by atoms with van der Waals surface area (Å²) in [4.78, 5) is 14.8. The average molecular weight is 415 g/mol. The monoisotopic (exact) mass is 414 g/mol. The minimum atomic E-state index is -0.299. The highest BCUT2D eigenvalue weighted by atomic mass is 35.5. The van der Waals surface area contributed by atoms with Crippen molar-refractivity contribution in [1.29, 1.82) is 0 Å². The molecule has 2 N–H and O–H groups in total. The lowest BCUT2D eigenvalue weighted by atomic mass is 10.1. The Balaban J connectivity index is 0.00000240. The molecule has 1 aliphatic heterocycles. The van der Waals surface area contributed by atoms with E-state index in [1.54, 1.807) is 16.8 Å². The third kappa shape index (κ3) is 4.49. The number of carbonyl (C=O) groups is 1. The van der Waals surface area contributed by atoms with Gasteiger partial charge in [-0.05, 0) is 49.2 Å². The lowest BCUT2D eigenvalue weighted by Crippen LogP contribution is -2.40. The van der Waals surface area contributed by atoms with Crippen molar-refractivity contribution in [1.82, 2.24) is 14.7 Å². The number of hydrogen-bond donors (Lipinski definition) is 1. The molecule has 0 aliphatic carbocycles. The highest BCUT2D eigenvalue weighted by Crippen LogP contribution is 2.26. The molecule has 152 valence electrons. The number of likely N-dealkylation sites (tertiary alicyclic amines) is 1. The lowest BCUT2D eigenvalue weighted by molar-refractivity contribution is -0.131. The van der Waals surface area contributed by atoms with E-state index in [1.807, 2.05) is 41.4 Å². The lowest BCUT2D eigenvalue weighted by Gasteiger charge is -2.23. The fourth-order valence-electron chi connectivity index (χ4n) is 3.78. The zero-order valence-corrected chi connectivity index (χ0v) is 16.8. The fraction of sp³-hybridized carbons (Fsp3) is 0.273. The van der Waals surface area contributed by atoms with E-state index in [4.69, 9.17) is 10.8 Å². The van der Waals surface area contributed by atoms with Gasteiger partial charge in [0, 0.05) is 36.5 Å². The number of benzene rings is 2. The Morgan fingerprint density at radius 1 is 1.14 bits per heavy atom. The van der Waals surface area contributed by atoms with Crippen LogP contribution in [0.3, 0.4) is 0 Å². The van der Waals surface area contributed by atoms with E-state index < -0.39 is 0 Å². The predicted molar refractivity (Wildman–Crippen MR) is 114 cm³/mol. The molecule has 1 aliphatic rings. The van der Waals surface area contributed by atoms with Crippen molar-refractivity contribution in [2.24, 2.45) is 5.73 Å². The van der Waals surface area contributed by atoms with Gasteiger partial charge in [-0.1, -0.05) is 18.2 Å². The van der Waals surface area contributed by atoms with Crippen molar-refractivity contribution in [2.45, 2.75) is 25.3 Å². The van der Waals surface area contributed by atoms with Crippen LogP contribution in [0, 0.1) is 5.82 Å². The molecule has 1 saturated heterocycles. The second kappa shape index (κ2) is 9.20. The van der Waals surface area contributed by atoms with Crippen LogP contribution in [-0.4, -0.2) is 39.7 Å². The van der Waals surface area contributed by atoms with Crippen LogP contribution in [0.5, 0.6) is 0 Å². The molecule has 4 rings (SSSR count). The smallest absolute Gasteiger partial charge is 0.227 e. The van der Waals surface area contributed by atoms with Gasteiger partial charge in [0.2, 0.25) is 5.91 Å². The van der Waals surface area contributed by atoms with Crippen LogP contribution in [-0.2, 0) is 11.2 Å². The number of nitrogens with zero attached hydrogens (tertiary/aromatic N) is 3. The molecular weight excluding hydrogens is 391 g/mol. The fourth-order valence-corrected chi connectivity index (χ4v) is 3.78. The van der Waals surface area contributed by atoms with Crippen LogP contribution < -0.4 is 5.73 Å². The molecule has 1 amide bonds. The molecule has 0 radical (unpaired) electrons. The largest absolute Gasteiger partial charge is 0.338 e. The van der Waals surface area contributed by atoms with Crippen LogP contribution in [0.25, 0.3) is 16.9 Å². The van der Waals surface area contributed by atoms with Crippen molar-refractivity contribution in [3.8, 4) is 16.9 Å². The maximum atomic E-state index is 13.4. The Labute approximate surface area is 175 Å². The standard InChI is InChI=1S/C22H23FN4O.ClH/c23-18-10-8-16(9-11-18)22-17(13-21(28)26-12-4-7-20(26)14-24)15-27(25-22)19-5-2-1-3-6-19;/h1-3,5-6,8-11,15,20H,4,7,12-14,24H2;1H. The van der Waals surface area contributed by atoms with Crippen LogP contribution in [0.4, 0.5) is 4.39 Å². The Bertz CT molecular complexity index is 959. The topological polar surface area (TPSA) is 64.2 Å². The Morgan fingerprint density at radius 2 is 1.86 bits per heavy atom. The Kier molecular flexibility index (Phi) is 6.67. The van der Waals surface area contributed by atoms with Gasteiger partial charge in [0.05, 0.1) is 17.8 Å². The molecule has 2 aromatic carbocycles. The third-order valence-electron chi connectivity index (χ3n) is 5.24. The number of nitrogens with two attached hydrogens (primary N) is 1. The number of para-hydroxylation sites is 1. The number of rotatable bonds is 5. The van der Waals surface area contributed by atoms with Crippen molar-refractivity contribution >= 4 is 18.3 Å². The molecule has 1 unspecified atom stereocenters. The summed E-state index contributed by atoms with van der Waals surface area (Å²) in [7, 11) is 0. The molecule has 1 aromatic heterocycles. The summed E-state index contributed by atoms with van der Waals surface area (Å²) >= 11 is 0. The summed E-state index contributed by atoms with van der Waals surface area (Å²) in [5.74, 6) is -0.240. The summed E-state index contributed by atoms with van der Waals surface area (Å²) in [6, 6.07) is 16.1. The molecule has 7 heteroatoms. The molecule has 5 nitrogen and oxygen atoms in total. The summed E-state index contributed by atoms with van der Waals surface area (Å²) in [5, 5.41) is 4.70. The third-order valence-corrected chi connectivity index (χ3v) is 5.24. The average Bonchev–Trinajstić information content (AvgIpc) is 3.36. The summed E-state index contributed by atoms with van der Waals surface area (Å²) in [5.41, 5.74) is 9.04. The molecule has 1 atom stereocenters. The zero-order chi connectivity index (χ0) is 19.5. The molecular formula is C22H24ClFN4O. The number of hydrogen-bond acceptors (Lipinski definition) is 3. The van der Waals surface area contributed by atoms with Crippen molar-refractivity contribution in [2.75, 3.05) is 13.1 Å². The molecule has 2 heterocycles. The maximum Gasteiger partial charge on any atom is 0.227 e. The van der Waals surface area contributed by atoms with Gasteiger partial charge in [-0.2, -0.15) is 5.10 Å².